The zero-order chi connectivity index (χ0) is 20.1. The fourth-order valence-corrected chi connectivity index (χ4v) is 3.70. The molecule has 0 aliphatic heterocycles. The number of aromatic nitrogens is 2. The van der Waals surface area contributed by atoms with E-state index in [0.717, 1.165) is 42.5 Å². The van der Waals surface area contributed by atoms with Gasteiger partial charge in [-0.05, 0) is 45.1 Å². The molecule has 2 aromatic carbocycles. The lowest BCUT2D eigenvalue weighted by molar-refractivity contribution is 0.0697. The Morgan fingerprint density at radius 2 is 1.89 bits per heavy atom. The van der Waals surface area contributed by atoms with E-state index in [1.807, 2.05) is 34.9 Å². The van der Waals surface area contributed by atoms with Gasteiger partial charge in [-0.1, -0.05) is 55.8 Å². The number of rotatable bonds is 8. The molecule has 0 saturated carbocycles. The third-order valence-electron chi connectivity index (χ3n) is 4.67. The SMILES string of the molecule is CCCCc1nc(Br)c(C=O)n1Cc1ccc(-c2ccccc2C(=O)O)cc1. The number of benzene rings is 2. The van der Waals surface area contributed by atoms with Gasteiger partial charge in [0.15, 0.2) is 6.29 Å². The minimum absolute atomic E-state index is 0.277. The first-order valence-corrected chi connectivity index (χ1v) is 9.96. The molecule has 5 nitrogen and oxygen atoms in total. The van der Waals surface area contributed by atoms with Crippen molar-refractivity contribution >= 4 is 28.2 Å². The van der Waals surface area contributed by atoms with E-state index in [-0.39, 0.29) is 5.56 Å². The predicted octanol–water partition coefficient (Wildman–Crippen LogP) is 5.21. The molecule has 6 heteroatoms. The summed E-state index contributed by atoms with van der Waals surface area (Å²) >= 11 is 3.38. The fraction of sp³-hybridized carbons (Fsp3) is 0.227. The fourth-order valence-electron chi connectivity index (χ4n) is 3.19. The second-order valence-electron chi connectivity index (χ2n) is 6.56. The van der Waals surface area contributed by atoms with Crippen molar-refractivity contribution in [3.05, 3.63) is 75.8 Å². The molecule has 0 saturated heterocycles. The summed E-state index contributed by atoms with van der Waals surface area (Å²) in [5, 5.41) is 9.39. The molecule has 0 unspecified atom stereocenters. The molecule has 0 spiro atoms. The smallest absolute Gasteiger partial charge is 0.336 e. The molecule has 0 atom stereocenters. The quantitative estimate of drug-likeness (QED) is 0.487. The van der Waals surface area contributed by atoms with Gasteiger partial charge >= 0.3 is 5.97 Å². The summed E-state index contributed by atoms with van der Waals surface area (Å²) in [6.45, 7) is 2.66. The van der Waals surface area contributed by atoms with E-state index < -0.39 is 5.97 Å². The number of carboxylic acids is 1. The van der Waals surface area contributed by atoms with Crippen LogP contribution in [0.1, 0.15) is 52.0 Å². The van der Waals surface area contributed by atoms with Gasteiger partial charge in [-0.2, -0.15) is 0 Å². The molecular weight excluding hydrogens is 420 g/mol. The lowest BCUT2D eigenvalue weighted by Gasteiger charge is -2.11. The third-order valence-corrected chi connectivity index (χ3v) is 5.25. The molecule has 0 radical (unpaired) electrons. The minimum Gasteiger partial charge on any atom is -0.478 e. The summed E-state index contributed by atoms with van der Waals surface area (Å²) in [4.78, 5) is 27.5. The van der Waals surface area contributed by atoms with E-state index >= 15 is 0 Å². The van der Waals surface area contributed by atoms with Crippen molar-refractivity contribution in [1.29, 1.82) is 0 Å². The zero-order valence-corrected chi connectivity index (χ0v) is 17.1. The van der Waals surface area contributed by atoms with E-state index in [9.17, 15) is 14.7 Å². The normalized spacial score (nSPS) is 10.8. The van der Waals surface area contributed by atoms with E-state index in [2.05, 4.69) is 27.8 Å². The van der Waals surface area contributed by atoms with E-state index in [4.69, 9.17) is 0 Å². The van der Waals surface area contributed by atoms with Crippen molar-refractivity contribution in [2.45, 2.75) is 32.7 Å². The lowest BCUT2D eigenvalue weighted by atomic mass is 9.99. The number of carbonyl (C=O) groups is 2. The van der Waals surface area contributed by atoms with Crippen molar-refractivity contribution in [1.82, 2.24) is 9.55 Å². The van der Waals surface area contributed by atoms with Crippen molar-refractivity contribution in [3.63, 3.8) is 0 Å². The molecule has 0 bridgehead atoms. The highest BCUT2D eigenvalue weighted by molar-refractivity contribution is 9.10. The molecule has 0 aliphatic carbocycles. The topological polar surface area (TPSA) is 72.2 Å². The van der Waals surface area contributed by atoms with Crippen molar-refractivity contribution in [2.75, 3.05) is 0 Å². The van der Waals surface area contributed by atoms with Crippen LogP contribution in [0.3, 0.4) is 0 Å². The number of carboxylic acid groups (broad SMARTS) is 1. The monoisotopic (exact) mass is 440 g/mol. The number of carbonyl (C=O) groups excluding carboxylic acids is 1. The van der Waals surface area contributed by atoms with Crippen LogP contribution in [0.25, 0.3) is 11.1 Å². The van der Waals surface area contributed by atoms with Crippen molar-refractivity contribution in [3.8, 4) is 11.1 Å². The molecule has 144 valence electrons. The number of halogens is 1. The van der Waals surface area contributed by atoms with E-state index in [0.29, 0.717) is 22.4 Å². The van der Waals surface area contributed by atoms with Gasteiger partial charge in [-0.25, -0.2) is 9.78 Å². The molecule has 0 fully saturated rings. The van der Waals surface area contributed by atoms with Gasteiger partial charge in [0.2, 0.25) is 0 Å². The first-order valence-electron chi connectivity index (χ1n) is 9.16. The van der Waals surface area contributed by atoms with Crippen LogP contribution in [-0.2, 0) is 13.0 Å². The summed E-state index contributed by atoms with van der Waals surface area (Å²) < 4.78 is 2.51. The van der Waals surface area contributed by atoms with Gasteiger partial charge in [-0.3, -0.25) is 4.79 Å². The zero-order valence-electron chi connectivity index (χ0n) is 15.6. The van der Waals surface area contributed by atoms with Gasteiger partial charge in [0, 0.05) is 13.0 Å². The highest BCUT2D eigenvalue weighted by Gasteiger charge is 2.15. The Balaban J connectivity index is 1.90. The summed E-state index contributed by atoms with van der Waals surface area (Å²) in [5.74, 6) is -0.0599. The highest BCUT2D eigenvalue weighted by atomic mass is 79.9. The summed E-state index contributed by atoms with van der Waals surface area (Å²) in [6.07, 6.45) is 3.70. The molecule has 0 aliphatic rings. The Morgan fingerprint density at radius 3 is 2.54 bits per heavy atom. The average Bonchev–Trinajstić information content (AvgIpc) is 3.01. The van der Waals surface area contributed by atoms with Crippen LogP contribution in [0.4, 0.5) is 0 Å². The molecule has 0 amide bonds. The third kappa shape index (κ3) is 4.22. The number of hydrogen-bond donors (Lipinski definition) is 1. The molecule has 1 aromatic heterocycles. The van der Waals surface area contributed by atoms with E-state index in [1.165, 1.54) is 0 Å². The van der Waals surface area contributed by atoms with Gasteiger partial charge in [0.05, 0.1) is 5.56 Å². The predicted molar refractivity (Wildman–Crippen MR) is 112 cm³/mol. The van der Waals surface area contributed by atoms with Crippen molar-refractivity contribution in [2.24, 2.45) is 0 Å². The van der Waals surface area contributed by atoms with Crippen LogP contribution in [-0.4, -0.2) is 26.9 Å². The number of hydrogen-bond acceptors (Lipinski definition) is 3. The maximum absolute atomic E-state index is 11.5. The number of aromatic carboxylic acids is 1. The maximum atomic E-state index is 11.5. The van der Waals surface area contributed by atoms with Gasteiger partial charge < -0.3 is 9.67 Å². The van der Waals surface area contributed by atoms with E-state index in [1.54, 1.807) is 18.2 Å². The van der Waals surface area contributed by atoms with Crippen LogP contribution >= 0.6 is 15.9 Å². The summed E-state index contributed by atoms with van der Waals surface area (Å²) in [7, 11) is 0. The molecule has 1 heterocycles. The second kappa shape index (κ2) is 8.97. The highest BCUT2D eigenvalue weighted by Crippen LogP contribution is 2.25. The van der Waals surface area contributed by atoms with Crippen LogP contribution in [0, 0.1) is 0 Å². The molecular formula is C22H21BrN2O3. The lowest BCUT2D eigenvalue weighted by Crippen LogP contribution is -2.08. The molecule has 3 rings (SSSR count). The Labute approximate surface area is 172 Å². The van der Waals surface area contributed by atoms with Crippen LogP contribution in [0.2, 0.25) is 0 Å². The first-order chi connectivity index (χ1) is 13.5. The average molecular weight is 441 g/mol. The molecule has 1 N–H and O–H groups in total. The number of imidazole rings is 1. The second-order valence-corrected chi connectivity index (χ2v) is 7.31. The standard InChI is InChI=1S/C22H21BrN2O3/c1-2-3-8-20-24-21(23)19(14-26)25(20)13-15-9-11-16(12-10-15)17-6-4-5-7-18(17)22(27)28/h4-7,9-12,14H,2-3,8,13H2,1H3,(H,27,28). The summed E-state index contributed by atoms with van der Waals surface area (Å²) in [5.41, 5.74) is 3.35. The Hall–Kier alpha value is -2.73. The molecule has 3 aromatic rings. The minimum atomic E-state index is -0.945. The van der Waals surface area contributed by atoms with Crippen molar-refractivity contribution < 1.29 is 14.7 Å². The van der Waals surface area contributed by atoms with Crippen LogP contribution < -0.4 is 0 Å². The van der Waals surface area contributed by atoms with Crippen LogP contribution in [0.5, 0.6) is 0 Å². The van der Waals surface area contributed by atoms with Gasteiger partial charge in [0.25, 0.3) is 0 Å². The Bertz CT molecular complexity index is 994. The van der Waals surface area contributed by atoms with Gasteiger partial charge in [-0.15, -0.1) is 0 Å². The van der Waals surface area contributed by atoms with Crippen LogP contribution in [0.15, 0.2) is 53.1 Å². The Morgan fingerprint density at radius 1 is 1.18 bits per heavy atom. The van der Waals surface area contributed by atoms with Gasteiger partial charge in [0.1, 0.15) is 16.1 Å². The number of aldehydes is 1. The Kier molecular flexibility index (Phi) is 6.41. The molecule has 28 heavy (non-hydrogen) atoms. The largest absolute Gasteiger partial charge is 0.478 e. The number of unbranched alkanes of at least 4 members (excludes halogenated alkanes) is 1. The number of nitrogens with zero attached hydrogens (tertiary/aromatic N) is 2. The first kappa shape index (κ1) is 20.0. The maximum Gasteiger partial charge on any atom is 0.336 e. The number of aryl methyl sites for hydroxylation is 1. The summed E-state index contributed by atoms with van der Waals surface area (Å²) in [6, 6.07) is 14.7.